The fourth-order valence-corrected chi connectivity index (χ4v) is 3.80. The van der Waals surface area contributed by atoms with Crippen LogP contribution in [0.3, 0.4) is 0 Å². The monoisotopic (exact) mass is 458 g/mol. The van der Waals surface area contributed by atoms with E-state index in [-0.39, 0.29) is 11.8 Å². The fraction of sp³-hybridized carbons (Fsp3) is 0.286. The van der Waals surface area contributed by atoms with Crippen LogP contribution in [0.25, 0.3) is 0 Å². The quantitative estimate of drug-likeness (QED) is 0.410. The minimum Gasteiger partial charge on any atom is -0.494 e. The number of hydrogen-bond donors (Lipinski definition) is 2. The lowest BCUT2D eigenvalue weighted by Gasteiger charge is -2.17. The second-order valence-corrected chi connectivity index (χ2v) is 8.34. The largest absolute Gasteiger partial charge is 0.494 e. The molecule has 1 aliphatic heterocycles. The van der Waals surface area contributed by atoms with Crippen molar-refractivity contribution in [3.05, 3.63) is 89.5 Å². The predicted molar refractivity (Wildman–Crippen MR) is 132 cm³/mol. The van der Waals surface area contributed by atoms with E-state index in [1.165, 1.54) is 0 Å². The number of nitrogens with one attached hydrogen (secondary N) is 2. The molecule has 0 saturated carbocycles. The maximum absolute atomic E-state index is 12.1. The summed E-state index contributed by atoms with van der Waals surface area (Å²) in [7, 11) is 0. The van der Waals surface area contributed by atoms with E-state index in [2.05, 4.69) is 10.6 Å². The van der Waals surface area contributed by atoms with E-state index < -0.39 is 0 Å². The third kappa shape index (κ3) is 7.10. The highest BCUT2D eigenvalue weighted by Crippen LogP contribution is 2.26. The maximum Gasteiger partial charge on any atom is 0.224 e. The van der Waals surface area contributed by atoms with Crippen molar-refractivity contribution in [3.63, 3.8) is 0 Å². The van der Waals surface area contributed by atoms with Gasteiger partial charge in [0.2, 0.25) is 11.8 Å². The molecule has 3 aromatic rings. The number of carbonyl (C=O) groups is 2. The maximum atomic E-state index is 12.1. The average Bonchev–Trinajstić information content (AvgIpc) is 2.87. The van der Waals surface area contributed by atoms with Crippen LogP contribution in [0.15, 0.2) is 72.8 Å². The van der Waals surface area contributed by atoms with Crippen molar-refractivity contribution in [2.24, 2.45) is 0 Å². The van der Waals surface area contributed by atoms with Crippen molar-refractivity contribution in [1.82, 2.24) is 5.32 Å². The van der Waals surface area contributed by atoms with Gasteiger partial charge in [0.15, 0.2) is 0 Å². The Morgan fingerprint density at radius 3 is 2.50 bits per heavy atom. The van der Waals surface area contributed by atoms with E-state index >= 15 is 0 Å². The van der Waals surface area contributed by atoms with Crippen LogP contribution >= 0.6 is 0 Å². The Bertz CT molecular complexity index is 1100. The van der Waals surface area contributed by atoms with Crippen LogP contribution in [0.5, 0.6) is 11.5 Å². The van der Waals surface area contributed by atoms with Gasteiger partial charge in [-0.3, -0.25) is 9.59 Å². The molecule has 1 heterocycles. The van der Waals surface area contributed by atoms with Gasteiger partial charge in [-0.05, 0) is 66.3 Å². The predicted octanol–water partition coefficient (Wildman–Crippen LogP) is 4.67. The Morgan fingerprint density at radius 2 is 1.68 bits per heavy atom. The first-order valence-electron chi connectivity index (χ1n) is 11.7. The van der Waals surface area contributed by atoms with Gasteiger partial charge in [-0.25, -0.2) is 0 Å². The molecule has 2 amide bonds. The summed E-state index contributed by atoms with van der Waals surface area (Å²) in [5.41, 5.74) is 4.24. The minimum atomic E-state index is 0.0274. The molecule has 34 heavy (non-hydrogen) atoms. The third-order valence-electron chi connectivity index (χ3n) is 5.70. The van der Waals surface area contributed by atoms with Gasteiger partial charge >= 0.3 is 0 Å². The number of ether oxygens (including phenoxy) is 2. The summed E-state index contributed by atoms with van der Waals surface area (Å²) in [6.07, 6.45) is 3.07. The van der Waals surface area contributed by atoms with Crippen LogP contribution in [0.4, 0.5) is 5.69 Å². The summed E-state index contributed by atoms with van der Waals surface area (Å²) in [6, 6.07) is 23.8. The lowest BCUT2D eigenvalue weighted by molar-refractivity contribution is -0.121. The normalized spacial score (nSPS) is 12.4. The van der Waals surface area contributed by atoms with E-state index in [4.69, 9.17) is 9.47 Å². The second-order valence-electron chi connectivity index (χ2n) is 8.34. The number of benzene rings is 3. The van der Waals surface area contributed by atoms with E-state index in [9.17, 15) is 9.59 Å². The summed E-state index contributed by atoms with van der Waals surface area (Å²) in [5, 5.41) is 5.83. The van der Waals surface area contributed by atoms with Crippen LogP contribution in [-0.4, -0.2) is 25.0 Å². The highest BCUT2D eigenvalue weighted by Gasteiger charge is 2.15. The lowest BCUT2D eigenvalue weighted by Crippen LogP contribution is -2.25. The highest BCUT2D eigenvalue weighted by atomic mass is 16.5. The molecule has 1 aliphatic rings. The first-order valence-corrected chi connectivity index (χ1v) is 11.7. The van der Waals surface area contributed by atoms with E-state index in [0.29, 0.717) is 39.0 Å². The molecular weight excluding hydrogens is 428 g/mol. The Kier molecular flexibility index (Phi) is 8.17. The van der Waals surface area contributed by atoms with Gasteiger partial charge in [0.05, 0.1) is 6.61 Å². The molecule has 0 unspecified atom stereocenters. The Morgan fingerprint density at radius 1 is 0.882 bits per heavy atom. The first kappa shape index (κ1) is 23.4. The van der Waals surface area contributed by atoms with Gasteiger partial charge in [0.1, 0.15) is 18.1 Å². The SMILES string of the molecule is O=C(CCCOc1ccc2c(c1)CCC(=O)N2)NCCc1ccc(OCc2ccccc2)cc1. The fourth-order valence-electron chi connectivity index (χ4n) is 3.80. The standard InChI is InChI=1S/C28H30N2O4/c31-27(7-4-18-33-25-13-14-26-23(19-25)10-15-28(32)30-26)29-17-16-21-8-11-24(12-9-21)34-20-22-5-2-1-3-6-22/h1-3,5-6,8-9,11-14,19H,4,7,10,15-18,20H2,(H,29,31)(H,30,32). The van der Waals surface area contributed by atoms with Gasteiger partial charge < -0.3 is 20.1 Å². The van der Waals surface area contributed by atoms with Crippen molar-refractivity contribution in [2.45, 2.75) is 38.7 Å². The van der Waals surface area contributed by atoms with E-state index in [1.807, 2.05) is 72.8 Å². The molecule has 6 nitrogen and oxygen atoms in total. The van der Waals surface area contributed by atoms with Crippen LogP contribution in [0.1, 0.15) is 36.0 Å². The third-order valence-corrected chi connectivity index (χ3v) is 5.70. The molecule has 0 radical (unpaired) electrons. The number of aryl methyl sites for hydroxylation is 1. The van der Waals surface area contributed by atoms with Gasteiger partial charge in [-0.15, -0.1) is 0 Å². The van der Waals surface area contributed by atoms with E-state index in [0.717, 1.165) is 46.7 Å². The summed E-state index contributed by atoms with van der Waals surface area (Å²) >= 11 is 0. The van der Waals surface area contributed by atoms with Crippen molar-refractivity contribution in [1.29, 1.82) is 0 Å². The molecule has 0 atom stereocenters. The number of rotatable bonds is 11. The molecule has 176 valence electrons. The van der Waals surface area contributed by atoms with Crippen molar-refractivity contribution < 1.29 is 19.1 Å². The Hall–Kier alpha value is -3.80. The van der Waals surface area contributed by atoms with Crippen LogP contribution in [0, 0.1) is 0 Å². The van der Waals surface area contributed by atoms with Crippen molar-refractivity contribution >= 4 is 17.5 Å². The summed E-state index contributed by atoms with van der Waals surface area (Å²) < 4.78 is 11.6. The minimum absolute atomic E-state index is 0.0274. The smallest absolute Gasteiger partial charge is 0.224 e. The van der Waals surface area contributed by atoms with Gasteiger partial charge in [0, 0.05) is 25.1 Å². The van der Waals surface area contributed by atoms with Gasteiger partial charge in [-0.2, -0.15) is 0 Å². The van der Waals surface area contributed by atoms with E-state index in [1.54, 1.807) is 0 Å². The molecule has 0 spiro atoms. The lowest BCUT2D eigenvalue weighted by atomic mass is 10.0. The summed E-state index contributed by atoms with van der Waals surface area (Å²) in [6.45, 7) is 1.62. The average molecular weight is 459 g/mol. The second kappa shape index (κ2) is 11.9. The van der Waals surface area contributed by atoms with Gasteiger partial charge in [0.25, 0.3) is 0 Å². The topological polar surface area (TPSA) is 76.7 Å². The molecule has 6 heteroatoms. The van der Waals surface area contributed by atoms with Crippen LogP contribution in [0.2, 0.25) is 0 Å². The zero-order valence-corrected chi connectivity index (χ0v) is 19.2. The Balaban J connectivity index is 1.09. The number of anilines is 1. The van der Waals surface area contributed by atoms with Crippen LogP contribution in [-0.2, 0) is 29.0 Å². The highest BCUT2D eigenvalue weighted by molar-refractivity contribution is 5.94. The van der Waals surface area contributed by atoms with Crippen molar-refractivity contribution in [2.75, 3.05) is 18.5 Å². The summed E-state index contributed by atoms with van der Waals surface area (Å²) in [4.78, 5) is 23.6. The molecular formula is C28H30N2O4. The van der Waals surface area contributed by atoms with Gasteiger partial charge in [-0.1, -0.05) is 42.5 Å². The molecule has 0 fully saturated rings. The van der Waals surface area contributed by atoms with Crippen LogP contribution < -0.4 is 20.1 Å². The number of fused-ring (bicyclic) bond motifs is 1. The summed E-state index contributed by atoms with van der Waals surface area (Å²) in [5.74, 6) is 1.68. The molecule has 4 rings (SSSR count). The molecule has 0 aromatic heterocycles. The van der Waals surface area contributed by atoms with Crippen molar-refractivity contribution in [3.8, 4) is 11.5 Å². The molecule has 3 aromatic carbocycles. The Labute approximate surface area is 200 Å². The first-order chi connectivity index (χ1) is 16.7. The number of amides is 2. The number of hydrogen-bond acceptors (Lipinski definition) is 4. The molecule has 0 aliphatic carbocycles. The zero-order chi connectivity index (χ0) is 23.6. The molecule has 0 bridgehead atoms. The number of carbonyl (C=O) groups excluding carboxylic acids is 2. The zero-order valence-electron chi connectivity index (χ0n) is 19.2. The molecule has 2 N–H and O–H groups in total. The molecule has 0 saturated heterocycles.